The molecule has 0 amide bonds. The van der Waals surface area contributed by atoms with Gasteiger partial charge in [0.2, 0.25) is 5.88 Å². The number of hydrogen-bond acceptors (Lipinski definition) is 3. The van der Waals surface area contributed by atoms with E-state index in [-0.39, 0.29) is 12.1 Å². The third-order valence-corrected chi connectivity index (χ3v) is 1.57. The highest BCUT2D eigenvalue weighted by atomic mass is 16.5. The van der Waals surface area contributed by atoms with Crippen molar-refractivity contribution in [3.63, 3.8) is 0 Å². The number of aromatic nitrogens is 2. The van der Waals surface area contributed by atoms with E-state index in [0.717, 1.165) is 5.52 Å². The van der Waals surface area contributed by atoms with E-state index in [9.17, 15) is 0 Å². The number of rotatable bonds is 1. The topological polar surface area (TPSA) is 35.0 Å². The Morgan fingerprint density at radius 3 is 2.83 bits per heavy atom. The molecule has 0 atom stereocenters. The van der Waals surface area contributed by atoms with Crippen molar-refractivity contribution in [2.45, 2.75) is 0 Å². The zero-order valence-electron chi connectivity index (χ0n) is 7.61. The van der Waals surface area contributed by atoms with Gasteiger partial charge in [-0.2, -0.15) is 0 Å². The summed E-state index contributed by atoms with van der Waals surface area (Å²) in [6.07, 6.45) is 0.0706. The summed E-state index contributed by atoms with van der Waals surface area (Å²) in [6.45, 7) is 0. The van der Waals surface area contributed by atoms with Crippen LogP contribution < -0.4 is 4.74 Å². The molecule has 0 radical (unpaired) electrons. The van der Waals surface area contributed by atoms with Gasteiger partial charge in [0.15, 0.2) is 0 Å². The fraction of sp³-hybridized carbons (Fsp3) is 0.111. The lowest BCUT2D eigenvalue weighted by molar-refractivity contribution is 0.397. The van der Waals surface area contributed by atoms with E-state index >= 15 is 0 Å². The van der Waals surface area contributed by atoms with Gasteiger partial charge in [-0.1, -0.05) is 12.1 Å². The van der Waals surface area contributed by atoms with Crippen LogP contribution in [0, 0.1) is 0 Å². The van der Waals surface area contributed by atoms with Gasteiger partial charge in [-0.15, -0.1) is 0 Å². The van der Waals surface area contributed by atoms with Gasteiger partial charge in [0.05, 0.1) is 25.7 Å². The van der Waals surface area contributed by atoms with Crippen LogP contribution in [0.5, 0.6) is 5.88 Å². The molecule has 0 aliphatic carbocycles. The van der Waals surface area contributed by atoms with Crippen molar-refractivity contribution in [3.05, 3.63) is 30.4 Å². The van der Waals surface area contributed by atoms with Crippen molar-refractivity contribution in [2.75, 3.05) is 7.11 Å². The van der Waals surface area contributed by atoms with Gasteiger partial charge in [0.25, 0.3) is 0 Å². The average Bonchev–Trinajstić information content (AvgIpc) is 2.17. The number of para-hydroxylation sites is 2. The molecule has 0 aliphatic heterocycles. The van der Waals surface area contributed by atoms with Gasteiger partial charge >= 0.3 is 0 Å². The van der Waals surface area contributed by atoms with Gasteiger partial charge in [-0.3, -0.25) is 0 Å². The Balaban J connectivity index is 2.74. The third kappa shape index (κ3) is 1.09. The van der Waals surface area contributed by atoms with Gasteiger partial charge in [-0.05, 0) is 12.1 Å². The molecule has 60 valence electrons. The molecule has 12 heavy (non-hydrogen) atoms. The highest BCUT2D eigenvalue weighted by molar-refractivity contribution is 5.73. The molecule has 3 nitrogen and oxygen atoms in total. The molecule has 0 unspecified atom stereocenters. The molecular formula is C9H8N2O. The summed E-state index contributed by atoms with van der Waals surface area (Å²) >= 11 is 0. The smallest absolute Gasteiger partial charge is 0.232 e. The molecule has 2 rings (SSSR count). The Bertz CT molecular complexity index is 445. The Morgan fingerprint density at radius 2 is 2.08 bits per heavy atom. The maximum Gasteiger partial charge on any atom is 0.232 e. The predicted molar refractivity (Wildman–Crippen MR) is 46.1 cm³/mol. The van der Waals surface area contributed by atoms with Crippen LogP contribution in [-0.2, 0) is 0 Å². The summed E-state index contributed by atoms with van der Waals surface area (Å²) in [5.74, 6) is 0.263. The Kier molecular flexibility index (Phi) is 1.37. The Morgan fingerprint density at radius 1 is 1.33 bits per heavy atom. The average molecular weight is 161 g/mol. The molecular weight excluding hydrogens is 152 g/mol. The summed E-state index contributed by atoms with van der Waals surface area (Å²) in [5, 5.41) is 0. The maximum atomic E-state index is 7.45. The summed E-state index contributed by atoms with van der Waals surface area (Å²) in [5.41, 5.74) is 1.46. The summed E-state index contributed by atoms with van der Waals surface area (Å²) in [7, 11) is 1.48. The standard InChI is InChI=1S/C9H8N2O/c1-12-9-6-10-7-4-2-3-5-8(7)11-9/h2-6H,1H3/i6D. The van der Waals surface area contributed by atoms with Crippen LogP contribution in [0.2, 0.25) is 0 Å². The number of ether oxygens (including phenoxy) is 1. The molecule has 1 aromatic carbocycles. The molecule has 0 fully saturated rings. The largest absolute Gasteiger partial charge is 0.480 e. The normalized spacial score (nSPS) is 11.2. The molecule has 0 spiro atoms. The van der Waals surface area contributed by atoms with E-state index in [4.69, 9.17) is 6.11 Å². The predicted octanol–water partition coefficient (Wildman–Crippen LogP) is 1.64. The lowest BCUT2D eigenvalue weighted by atomic mass is 10.3. The van der Waals surface area contributed by atoms with Crippen LogP contribution in [0.15, 0.2) is 30.4 Å². The monoisotopic (exact) mass is 161 g/mol. The maximum absolute atomic E-state index is 7.45. The lowest BCUT2D eigenvalue weighted by Gasteiger charge is -1.98. The zero-order valence-corrected chi connectivity index (χ0v) is 6.61. The first kappa shape index (κ1) is 5.94. The fourth-order valence-corrected chi connectivity index (χ4v) is 0.987. The number of hydrogen-bond donors (Lipinski definition) is 0. The second-order valence-electron chi connectivity index (χ2n) is 2.33. The number of methoxy groups -OCH3 is 1. The number of nitrogens with zero attached hydrogens (tertiary/aromatic N) is 2. The summed E-state index contributed by atoms with van der Waals surface area (Å²) in [6, 6.07) is 7.40. The number of fused-ring (bicyclic) bond motifs is 1. The van der Waals surface area contributed by atoms with E-state index in [1.54, 1.807) is 0 Å². The quantitative estimate of drug-likeness (QED) is 0.637. The van der Waals surface area contributed by atoms with Gasteiger partial charge in [0, 0.05) is 0 Å². The van der Waals surface area contributed by atoms with Crippen molar-refractivity contribution in [1.29, 1.82) is 0 Å². The first-order chi connectivity index (χ1) is 6.31. The van der Waals surface area contributed by atoms with E-state index in [1.807, 2.05) is 24.3 Å². The molecule has 0 saturated heterocycles. The van der Waals surface area contributed by atoms with Crippen molar-refractivity contribution in [2.24, 2.45) is 0 Å². The van der Waals surface area contributed by atoms with Crippen molar-refractivity contribution in [1.82, 2.24) is 9.97 Å². The minimum atomic E-state index is 0.0706. The van der Waals surface area contributed by atoms with Crippen molar-refractivity contribution >= 4 is 11.0 Å². The van der Waals surface area contributed by atoms with E-state index in [2.05, 4.69) is 9.97 Å². The van der Waals surface area contributed by atoms with Crippen LogP contribution in [-0.4, -0.2) is 17.1 Å². The Hall–Kier alpha value is -1.64. The molecule has 3 heteroatoms. The number of benzene rings is 1. The van der Waals surface area contributed by atoms with Crippen molar-refractivity contribution < 1.29 is 6.11 Å². The highest BCUT2D eigenvalue weighted by Crippen LogP contribution is 2.11. The van der Waals surface area contributed by atoms with Crippen LogP contribution >= 0.6 is 0 Å². The Labute approximate surface area is 71.4 Å². The molecule has 1 aromatic heterocycles. The second-order valence-corrected chi connectivity index (χ2v) is 2.33. The fourth-order valence-electron chi connectivity index (χ4n) is 0.987. The van der Waals surface area contributed by atoms with E-state index in [1.165, 1.54) is 7.11 Å². The van der Waals surface area contributed by atoms with E-state index in [0.29, 0.717) is 5.52 Å². The second kappa shape index (κ2) is 2.77. The first-order valence-corrected chi connectivity index (χ1v) is 3.58. The summed E-state index contributed by atoms with van der Waals surface area (Å²) in [4.78, 5) is 8.15. The van der Waals surface area contributed by atoms with Crippen LogP contribution in [0.3, 0.4) is 0 Å². The zero-order chi connectivity index (χ0) is 9.26. The molecule has 0 saturated carbocycles. The highest BCUT2D eigenvalue weighted by Gasteiger charge is 1.96. The third-order valence-electron chi connectivity index (χ3n) is 1.57. The molecule has 0 N–H and O–H groups in total. The molecule has 0 aliphatic rings. The lowest BCUT2D eigenvalue weighted by Crippen LogP contribution is -1.89. The van der Waals surface area contributed by atoms with Gasteiger partial charge in [-0.25, -0.2) is 9.97 Å². The van der Waals surface area contributed by atoms with Crippen molar-refractivity contribution in [3.8, 4) is 5.88 Å². The molecule has 2 aromatic rings. The minimum absolute atomic E-state index is 0.0706. The first-order valence-electron chi connectivity index (χ1n) is 4.08. The van der Waals surface area contributed by atoms with Crippen LogP contribution in [0.25, 0.3) is 11.0 Å². The van der Waals surface area contributed by atoms with Crippen LogP contribution in [0.1, 0.15) is 1.37 Å². The SMILES string of the molecule is [2H]c1nc2ccccc2nc1OC. The molecule has 1 heterocycles. The van der Waals surface area contributed by atoms with Gasteiger partial charge in [0.1, 0.15) is 0 Å². The summed E-state index contributed by atoms with van der Waals surface area (Å²) < 4.78 is 12.3. The minimum Gasteiger partial charge on any atom is -0.480 e. The molecule has 0 bridgehead atoms. The van der Waals surface area contributed by atoms with Crippen LogP contribution in [0.4, 0.5) is 0 Å². The van der Waals surface area contributed by atoms with Gasteiger partial charge < -0.3 is 4.74 Å². The van der Waals surface area contributed by atoms with E-state index < -0.39 is 0 Å².